The summed E-state index contributed by atoms with van der Waals surface area (Å²) in [5, 5.41) is 4.87. The number of nitrogens with two attached hydrogens (primary N) is 1. The summed E-state index contributed by atoms with van der Waals surface area (Å²) in [4.78, 5) is 21.4. The number of rotatable bonds is 3. The Balaban J connectivity index is 2.42. The minimum absolute atomic E-state index is 0.00239. The lowest BCUT2D eigenvalue weighted by Gasteiger charge is -2.16. The van der Waals surface area contributed by atoms with Gasteiger partial charge in [-0.2, -0.15) is 0 Å². The van der Waals surface area contributed by atoms with Crippen LogP contribution in [0.3, 0.4) is 0 Å². The van der Waals surface area contributed by atoms with Crippen molar-refractivity contribution in [3.8, 4) is 0 Å². The molecule has 6 heteroatoms. The van der Waals surface area contributed by atoms with Gasteiger partial charge >= 0.3 is 0 Å². The number of halogens is 1. The summed E-state index contributed by atoms with van der Waals surface area (Å²) in [6, 6.07) is 0. The summed E-state index contributed by atoms with van der Waals surface area (Å²) in [6.45, 7) is 0.155. The largest absolute Gasteiger partial charge is 0.368 e. The summed E-state index contributed by atoms with van der Waals surface area (Å²) in [5.74, 6) is -1.45. The average molecular weight is 189 g/mol. The highest BCUT2D eigenvalue weighted by Gasteiger charge is 2.41. The fourth-order valence-electron chi connectivity index (χ4n) is 1.18. The number of carbonyl (C=O) groups is 2. The van der Waals surface area contributed by atoms with E-state index in [2.05, 4.69) is 10.6 Å². The van der Waals surface area contributed by atoms with Crippen LogP contribution in [0.4, 0.5) is 4.39 Å². The first-order chi connectivity index (χ1) is 6.04. The Bertz CT molecular complexity index is 226. The van der Waals surface area contributed by atoms with Crippen LogP contribution in [0, 0.1) is 0 Å². The van der Waals surface area contributed by atoms with Gasteiger partial charge in [0.05, 0.1) is 6.54 Å². The van der Waals surface area contributed by atoms with Gasteiger partial charge in [-0.05, 0) is 6.54 Å². The van der Waals surface area contributed by atoms with Crippen LogP contribution < -0.4 is 16.4 Å². The molecule has 4 N–H and O–H groups in total. The summed E-state index contributed by atoms with van der Waals surface area (Å²) in [6.07, 6.45) is 0.137. The van der Waals surface area contributed by atoms with E-state index in [-0.39, 0.29) is 19.5 Å². The van der Waals surface area contributed by atoms with Gasteiger partial charge in [0.15, 0.2) is 0 Å². The highest BCUT2D eigenvalue weighted by molar-refractivity contribution is 5.89. The smallest absolute Gasteiger partial charge is 0.259 e. The fraction of sp³-hybridized carbons (Fsp3) is 0.714. The van der Waals surface area contributed by atoms with Crippen LogP contribution >= 0.6 is 0 Å². The molecule has 1 fully saturated rings. The molecule has 1 heterocycles. The molecule has 1 aliphatic heterocycles. The normalized spacial score (nSPS) is 27.2. The molecule has 0 bridgehead atoms. The predicted octanol–water partition coefficient (Wildman–Crippen LogP) is -1.71. The molecular weight excluding hydrogens is 177 g/mol. The van der Waals surface area contributed by atoms with Crippen molar-refractivity contribution in [2.75, 3.05) is 19.6 Å². The molecule has 5 nitrogen and oxygen atoms in total. The second-order valence-electron chi connectivity index (χ2n) is 3.04. The number of hydrogen-bond donors (Lipinski definition) is 3. The Hall–Kier alpha value is -1.17. The molecule has 0 saturated carbocycles. The Labute approximate surface area is 74.9 Å². The van der Waals surface area contributed by atoms with E-state index in [4.69, 9.17) is 5.73 Å². The monoisotopic (exact) mass is 189 g/mol. The minimum atomic E-state index is -1.88. The van der Waals surface area contributed by atoms with Crippen LogP contribution in [-0.4, -0.2) is 37.1 Å². The van der Waals surface area contributed by atoms with Crippen LogP contribution in [-0.2, 0) is 9.59 Å². The molecule has 0 aromatic rings. The van der Waals surface area contributed by atoms with Crippen molar-refractivity contribution in [2.24, 2.45) is 5.73 Å². The summed E-state index contributed by atoms with van der Waals surface area (Å²) in [7, 11) is 0. The van der Waals surface area contributed by atoms with Crippen LogP contribution in [0.5, 0.6) is 0 Å². The number of amides is 2. The molecule has 1 aliphatic rings. The van der Waals surface area contributed by atoms with E-state index in [0.29, 0.717) is 6.54 Å². The van der Waals surface area contributed by atoms with Gasteiger partial charge in [-0.25, -0.2) is 4.39 Å². The zero-order valence-electron chi connectivity index (χ0n) is 7.10. The topological polar surface area (TPSA) is 84.2 Å². The van der Waals surface area contributed by atoms with E-state index < -0.39 is 17.5 Å². The molecule has 1 saturated heterocycles. The second kappa shape index (κ2) is 3.69. The highest BCUT2D eigenvalue weighted by Crippen LogP contribution is 2.19. The van der Waals surface area contributed by atoms with Gasteiger partial charge in [0.2, 0.25) is 11.6 Å². The second-order valence-corrected chi connectivity index (χ2v) is 3.04. The Kier molecular flexibility index (Phi) is 2.82. The highest BCUT2D eigenvalue weighted by atomic mass is 19.1. The van der Waals surface area contributed by atoms with Crippen molar-refractivity contribution in [3.05, 3.63) is 0 Å². The maximum Gasteiger partial charge on any atom is 0.259 e. The van der Waals surface area contributed by atoms with E-state index in [0.717, 1.165) is 0 Å². The SMILES string of the molecule is NC(=O)CNC(=O)C1(F)CCNC1. The molecule has 1 rings (SSSR count). The molecule has 0 aliphatic carbocycles. The zero-order chi connectivity index (χ0) is 9.90. The Morgan fingerprint density at radius 3 is 2.77 bits per heavy atom. The van der Waals surface area contributed by atoms with E-state index in [1.807, 2.05) is 0 Å². The fourth-order valence-corrected chi connectivity index (χ4v) is 1.18. The Morgan fingerprint density at radius 1 is 1.62 bits per heavy atom. The van der Waals surface area contributed by atoms with E-state index in [1.54, 1.807) is 0 Å². The molecule has 13 heavy (non-hydrogen) atoms. The van der Waals surface area contributed by atoms with Crippen molar-refractivity contribution < 1.29 is 14.0 Å². The van der Waals surface area contributed by atoms with Gasteiger partial charge in [0, 0.05) is 13.0 Å². The molecule has 0 spiro atoms. The third kappa shape index (κ3) is 2.38. The van der Waals surface area contributed by atoms with Gasteiger partial charge in [-0.3, -0.25) is 9.59 Å². The molecular formula is C7H12FN3O2. The van der Waals surface area contributed by atoms with Crippen molar-refractivity contribution in [1.29, 1.82) is 0 Å². The average Bonchev–Trinajstić information content (AvgIpc) is 2.49. The van der Waals surface area contributed by atoms with Gasteiger partial charge in [-0.15, -0.1) is 0 Å². The lowest BCUT2D eigenvalue weighted by Crippen LogP contribution is -2.47. The Morgan fingerprint density at radius 2 is 2.31 bits per heavy atom. The van der Waals surface area contributed by atoms with Gasteiger partial charge < -0.3 is 16.4 Å². The van der Waals surface area contributed by atoms with E-state index in [9.17, 15) is 14.0 Å². The van der Waals surface area contributed by atoms with Crippen molar-refractivity contribution >= 4 is 11.8 Å². The van der Waals surface area contributed by atoms with Gasteiger partial charge in [0.1, 0.15) is 0 Å². The maximum atomic E-state index is 13.5. The summed E-state index contributed by atoms with van der Waals surface area (Å²) >= 11 is 0. The molecule has 0 aromatic heterocycles. The van der Waals surface area contributed by atoms with E-state index >= 15 is 0 Å². The third-order valence-electron chi connectivity index (χ3n) is 1.93. The van der Waals surface area contributed by atoms with Crippen molar-refractivity contribution in [1.82, 2.24) is 10.6 Å². The van der Waals surface area contributed by atoms with Crippen LogP contribution in [0.1, 0.15) is 6.42 Å². The van der Waals surface area contributed by atoms with E-state index in [1.165, 1.54) is 0 Å². The molecule has 74 valence electrons. The molecule has 0 aromatic carbocycles. The number of primary amides is 1. The number of nitrogens with one attached hydrogen (secondary N) is 2. The predicted molar refractivity (Wildman–Crippen MR) is 43.5 cm³/mol. The van der Waals surface area contributed by atoms with Crippen LogP contribution in [0.2, 0.25) is 0 Å². The number of hydrogen-bond acceptors (Lipinski definition) is 3. The lowest BCUT2D eigenvalue weighted by molar-refractivity contribution is -0.133. The maximum absolute atomic E-state index is 13.5. The third-order valence-corrected chi connectivity index (χ3v) is 1.93. The standard InChI is InChI=1S/C7H12FN3O2/c8-7(1-2-10-4-7)6(13)11-3-5(9)12/h10H,1-4H2,(H2,9,12)(H,11,13). The molecule has 1 unspecified atom stereocenters. The molecule has 1 atom stereocenters. The molecule has 0 radical (unpaired) electrons. The zero-order valence-corrected chi connectivity index (χ0v) is 7.10. The first-order valence-electron chi connectivity index (χ1n) is 4.01. The van der Waals surface area contributed by atoms with Crippen LogP contribution in [0.15, 0.2) is 0 Å². The molecule has 2 amide bonds. The van der Waals surface area contributed by atoms with Gasteiger partial charge in [-0.1, -0.05) is 0 Å². The number of alkyl halides is 1. The summed E-state index contributed by atoms with van der Waals surface area (Å²) in [5.41, 5.74) is 2.91. The van der Waals surface area contributed by atoms with Crippen molar-refractivity contribution in [3.63, 3.8) is 0 Å². The minimum Gasteiger partial charge on any atom is -0.368 e. The quantitative estimate of drug-likeness (QED) is 0.494. The first kappa shape index (κ1) is 9.91. The summed E-state index contributed by atoms with van der Waals surface area (Å²) < 4.78 is 13.5. The lowest BCUT2D eigenvalue weighted by atomic mass is 10.1. The first-order valence-corrected chi connectivity index (χ1v) is 4.01. The number of carbonyl (C=O) groups excluding carboxylic acids is 2. The van der Waals surface area contributed by atoms with Gasteiger partial charge in [0.25, 0.3) is 5.91 Å². The van der Waals surface area contributed by atoms with Crippen LogP contribution in [0.25, 0.3) is 0 Å². The van der Waals surface area contributed by atoms with Crippen molar-refractivity contribution in [2.45, 2.75) is 12.1 Å².